The normalized spacial score (nSPS) is 10.6. The molecule has 1 amide bonds. The standard InChI is InChI=1S/C19H18ClN3O3/c1-10-4-6-13(18(24)11(10)2)14-9-16(23-22-14)19(25)21-15-8-12(20)5-7-17(15)26-3/h4-9,24H,1-3H3,(H,21,25)(H,22,23). The highest BCUT2D eigenvalue weighted by molar-refractivity contribution is 6.31. The van der Waals surface area contributed by atoms with Crippen LogP contribution in [0.25, 0.3) is 11.3 Å². The number of carbonyl (C=O) groups is 1. The predicted molar refractivity (Wildman–Crippen MR) is 101 cm³/mol. The maximum absolute atomic E-state index is 12.5. The lowest BCUT2D eigenvalue weighted by atomic mass is 10.0. The fraction of sp³-hybridized carbons (Fsp3) is 0.158. The molecule has 0 atom stereocenters. The summed E-state index contributed by atoms with van der Waals surface area (Å²) in [4.78, 5) is 12.5. The number of methoxy groups -OCH3 is 1. The van der Waals surface area contributed by atoms with Gasteiger partial charge in [-0.25, -0.2) is 0 Å². The van der Waals surface area contributed by atoms with Crippen LogP contribution in [0.4, 0.5) is 5.69 Å². The zero-order chi connectivity index (χ0) is 18.8. The van der Waals surface area contributed by atoms with E-state index in [-0.39, 0.29) is 11.4 Å². The molecule has 2 aromatic carbocycles. The Balaban J connectivity index is 1.88. The molecular weight excluding hydrogens is 354 g/mol. The van der Waals surface area contributed by atoms with E-state index in [0.717, 1.165) is 11.1 Å². The van der Waals surface area contributed by atoms with Crippen molar-refractivity contribution in [3.05, 3.63) is 58.2 Å². The number of aromatic amines is 1. The number of amides is 1. The molecule has 134 valence electrons. The first-order chi connectivity index (χ1) is 12.4. The van der Waals surface area contributed by atoms with E-state index in [1.165, 1.54) is 7.11 Å². The van der Waals surface area contributed by atoms with Crippen molar-refractivity contribution in [1.82, 2.24) is 10.2 Å². The molecule has 26 heavy (non-hydrogen) atoms. The Morgan fingerprint density at radius 1 is 1.23 bits per heavy atom. The Morgan fingerprint density at radius 3 is 2.73 bits per heavy atom. The number of nitrogens with one attached hydrogen (secondary N) is 2. The van der Waals surface area contributed by atoms with Gasteiger partial charge in [0.15, 0.2) is 0 Å². The molecule has 1 heterocycles. The summed E-state index contributed by atoms with van der Waals surface area (Å²) in [5.41, 5.74) is 3.50. The summed E-state index contributed by atoms with van der Waals surface area (Å²) >= 11 is 5.98. The zero-order valence-electron chi connectivity index (χ0n) is 14.6. The summed E-state index contributed by atoms with van der Waals surface area (Å²) in [6.07, 6.45) is 0. The van der Waals surface area contributed by atoms with Crippen molar-refractivity contribution in [1.29, 1.82) is 0 Å². The average molecular weight is 372 g/mol. The summed E-state index contributed by atoms with van der Waals surface area (Å²) in [5.74, 6) is 0.252. The van der Waals surface area contributed by atoms with Crippen molar-refractivity contribution < 1.29 is 14.6 Å². The van der Waals surface area contributed by atoms with Crippen LogP contribution in [0.1, 0.15) is 21.6 Å². The topological polar surface area (TPSA) is 87.2 Å². The second-order valence-corrected chi connectivity index (χ2v) is 6.31. The second kappa shape index (κ2) is 7.09. The number of aromatic nitrogens is 2. The van der Waals surface area contributed by atoms with E-state index in [9.17, 15) is 9.90 Å². The summed E-state index contributed by atoms with van der Waals surface area (Å²) in [6, 6.07) is 10.2. The number of anilines is 1. The quantitative estimate of drug-likeness (QED) is 0.637. The molecule has 0 bridgehead atoms. The highest BCUT2D eigenvalue weighted by atomic mass is 35.5. The van der Waals surface area contributed by atoms with Gasteiger partial charge < -0.3 is 15.2 Å². The largest absolute Gasteiger partial charge is 0.507 e. The van der Waals surface area contributed by atoms with Crippen molar-refractivity contribution in [2.75, 3.05) is 12.4 Å². The molecule has 0 unspecified atom stereocenters. The minimum atomic E-state index is -0.396. The van der Waals surface area contributed by atoms with Gasteiger partial charge in [-0.15, -0.1) is 0 Å². The molecule has 3 rings (SSSR count). The minimum absolute atomic E-state index is 0.153. The number of carbonyl (C=O) groups excluding carboxylic acids is 1. The van der Waals surface area contributed by atoms with Crippen molar-refractivity contribution in [3.8, 4) is 22.8 Å². The molecule has 0 fully saturated rings. The number of rotatable bonds is 4. The molecule has 0 aliphatic carbocycles. The summed E-state index contributed by atoms with van der Waals surface area (Å²) in [5, 5.41) is 20.4. The first-order valence-corrected chi connectivity index (χ1v) is 8.28. The van der Waals surface area contributed by atoms with Gasteiger partial charge in [0.1, 0.15) is 17.2 Å². The molecule has 0 spiro atoms. The number of aromatic hydroxyl groups is 1. The number of nitrogens with zero attached hydrogens (tertiary/aromatic N) is 1. The number of halogens is 1. The number of hydrogen-bond donors (Lipinski definition) is 3. The van der Waals surface area contributed by atoms with Crippen LogP contribution in [0.15, 0.2) is 36.4 Å². The van der Waals surface area contributed by atoms with Crippen LogP contribution in [-0.4, -0.2) is 28.3 Å². The summed E-state index contributed by atoms with van der Waals surface area (Å²) in [7, 11) is 1.51. The zero-order valence-corrected chi connectivity index (χ0v) is 15.3. The highest BCUT2D eigenvalue weighted by Gasteiger charge is 2.16. The van der Waals surface area contributed by atoms with E-state index >= 15 is 0 Å². The second-order valence-electron chi connectivity index (χ2n) is 5.87. The van der Waals surface area contributed by atoms with Crippen molar-refractivity contribution in [2.24, 2.45) is 0 Å². The Bertz CT molecular complexity index is 982. The molecule has 3 N–H and O–H groups in total. The summed E-state index contributed by atoms with van der Waals surface area (Å²) in [6.45, 7) is 3.75. The van der Waals surface area contributed by atoms with E-state index < -0.39 is 5.91 Å². The molecule has 0 aliphatic rings. The van der Waals surface area contributed by atoms with Crippen LogP contribution in [0, 0.1) is 13.8 Å². The SMILES string of the molecule is COc1ccc(Cl)cc1NC(=O)c1cc(-c2ccc(C)c(C)c2O)n[nH]1. The van der Waals surface area contributed by atoms with Crippen molar-refractivity contribution >= 4 is 23.2 Å². The van der Waals surface area contributed by atoms with Crippen LogP contribution in [-0.2, 0) is 0 Å². The third-order valence-electron chi connectivity index (χ3n) is 4.21. The third-order valence-corrected chi connectivity index (χ3v) is 4.45. The maximum Gasteiger partial charge on any atom is 0.273 e. The van der Waals surface area contributed by atoms with Crippen molar-refractivity contribution in [2.45, 2.75) is 13.8 Å². The van der Waals surface area contributed by atoms with E-state index in [4.69, 9.17) is 16.3 Å². The fourth-order valence-corrected chi connectivity index (χ4v) is 2.72. The molecule has 0 radical (unpaired) electrons. The van der Waals surface area contributed by atoms with E-state index in [0.29, 0.717) is 27.7 Å². The predicted octanol–water partition coefficient (Wildman–Crippen LogP) is 4.31. The lowest BCUT2D eigenvalue weighted by Crippen LogP contribution is -2.13. The monoisotopic (exact) mass is 371 g/mol. The van der Waals surface area contributed by atoms with Gasteiger partial charge in [0.25, 0.3) is 5.91 Å². The van der Waals surface area contributed by atoms with Crippen LogP contribution in [0.2, 0.25) is 5.02 Å². The minimum Gasteiger partial charge on any atom is -0.507 e. The molecule has 0 saturated carbocycles. The summed E-state index contributed by atoms with van der Waals surface area (Å²) < 4.78 is 5.22. The first kappa shape index (κ1) is 17.8. The molecule has 7 heteroatoms. The van der Waals surface area contributed by atoms with Gasteiger partial charge in [-0.05, 0) is 55.3 Å². The van der Waals surface area contributed by atoms with Gasteiger partial charge in [0, 0.05) is 10.6 Å². The van der Waals surface area contributed by atoms with E-state index in [1.54, 1.807) is 30.3 Å². The van der Waals surface area contributed by atoms with Gasteiger partial charge in [-0.3, -0.25) is 9.89 Å². The fourth-order valence-electron chi connectivity index (χ4n) is 2.55. The first-order valence-electron chi connectivity index (χ1n) is 7.90. The van der Waals surface area contributed by atoms with Crippen LogP contribution in [0.3, 0.4) is 0 Å². The molecule has 3 aromatic rings. The Morgan fingerprint density at radius 2 is 2.00 bits per heavy atom. The van der Waals surface area contributed by atoms with Crippen LogP contribution < -0.4 is 10.1 Å². The Kier molecular flexibility index (Phi) is 4.86. The van der Waals surface area contributed by atoms with Gasteiger partial charge in [0.05, 0.1) is 18.5 Å². The lowest BCUT2D eigenvalue weighted by molar-refractivity contribution is 0.102. The number of aryl methyl sites for hydroxylation is 1. The molecule has 6 nitrogen and oxygen atoms in total. The maximum atomic E-state index is 12.5. The number of hydrogen-bond acceptors (Lipinski definition) is 4. The number of H-pyrrole nitrogens is 1. The Labute approximate surface area is 155 Å². The van der Waals surface area contributed by atoms with Crippen LogP contribution >= 0.6 is 11.6 Å². The number of phenolic OH excluding ortho intramolecular Hbond substituents is 1. The molecule has 0 aliphatic heterocycles. The smallest absolute Gasteiger partial charge is 0.273 e. The third kappa shape index (κ3) is 3.36. The molecule has 1 aromatic heterocycles. The average Bonchev–Trinajstić information content (AvgIpc) is 3.10. The number of ether oxygens (including phenoxy) is 1. The van der Waals surface area contributed by atoms with E-state index in [1.807, 2.05) is 19.9 Å². The highest BCUT2D eigenvalue weighted by Crippen LogP contribution is 2.33. The van der Waals surface area contributed by atoms with Gasteiger partial charge in [0.2, 0.25) is 0 Å². The Hall–Kier alpha value is -2.99. The van der Waals surface area contributed by atoms with Gasteiger partial charge >= 0.3 is 0 Å². The molecule has 0 saturated heterocycles. The number of benzene rings is 2. The van der Waals surface area contributed by atoms with Gasteiger partial charge in [-0.2, -0.15) is 5.10 Å². The molecular formula is C19H18ClN3O3. The number of phenols is 1. The van der Waals surface area contributed by atoms with E-state index in [2.05, 4.69) is 15.5 Å². The lowest BCUT2D eigenvalue weighted by Gasteiger charge is -2.09. The van der Waals surface area contributed by atoms with Gasteiger partial charge in [-0.1, -0.05) is 17.7 Å². The van der Waals surface area contributed by atoms with Crippen molar-refractivity contribution in [3.63, 3.8) is 0 Å². The van der Waals surface area contributed by atoms with Crippen LogP contribution in [0.5, 0.6) is 11.5 Å².